The van der Waals surface area contributed by atoms with Gasteiger partial charge >= 0.3 is 0 Å². The molecule has 1 saturated heterocycles. The highest BCUT2D eigenvalue weighted by atomic mass is 32.1. The van der Waals surface area contributed by atoms with Gasteiger partial charge in [-0.2, -0.15) is 0 Å². The number of rotatable bonds is 6. The van der Waals surface area contributed by atoms with Crippen LogP contribution in [0.15, 0.2) is 53.9 Å². The molecule has 0 atom stereocenters. The van der Waals surface area contributed by atoms with Crippen LogP contribution in [0, 0.1) is 10.1 Å². The van der Waals surface area contributed by atoms with Gasteiger partial charge in [-0.3, -0.25) is 15.0 Å². The molecule has 1 aliphatic rings. The summed E-state index contributed by atoms with van der Waals surface area (Å²) in [5, 5.41) is 13.9. The van der Waals surface area contributed by atoms with Crippen LogP contribution in [0.25, 0.3) is 10.6 Å². The van der Waals surface area contributed by atoms with E-state index in [2.05, 4.69) is 15.2 Å². The third-order valence-corrected chi connectivity index (χ3v) is 5.99. The highest BCUT2D eigenvalue weighted by molar-refractivity contribution is 7.13. The van der Waals surface area contributed by atoms with E-state index in [1.807, 2.05) is 36.4 Å². The van der Waals surface area contributed by atoms with Crippen molar-refractivity contribution >= 4 is 22.7 Å². The second kappa shape index (κ2) is 8.59. The van der Waals surface area contributed by atoms with Gasteiger partial charge in [0.2, 0.25) is 0 Å². The molecule has 1 aromatic heterocycles. The van der Waals surface area contributed by atoms with E-state index in [0.29, 0.717) is 0 Å². The minimum Gasteiger partial charge on any atom is -0.497 e. The molecule has 7 nitrogen and oxygen atoms in total. The van der Waals surface area contributed by atoms with Gasteiger partial charge in [-0.25, -0.2) is 4.98 Å². The highest BCUT2D eigenvalue weighted by Crippen LogP contribution is 2.27. The first-order valence-corrected chi connectivity index (χ1v) is 10.3. The molecule has 1 fully saturated rings. The molecule has 0 aliphatic carbocycles. The van der Waals surface area contributed by atoms with E-state index in [1.165, 1.54) is 0 Å². The summed E-state index contributed by atoms with van der Waals surface area (Å²) in [4.78, 5) is 19.9. The molecule has 0 amide bonds. The molecular formula is C21H22N4O3S. The van der Waals surface area contributed by atoms with Crippen molar-refractivity contribution in [1.82, 2.24) is 9.88 Å². The Kier molecular flexibility index (Phi) is 5.73. The van der Waals surface area contributed by atoms with E-state index < -0.39 is 0 Å². The van der Waals surface area contributed by atoms with Gasteiger partial charge in [0, 0.05) is 61.5 Å². The number of ether oxygens (including phenoxy) is 1. The topological polar surface area (TPSA) is 71.7 Å². The van der Waals surface area contributed by atoms with Gasteiger partial charge in [0.25, 0.3) is 5.69 Å². The monoisotopic (exact) mass is 410 g/mol. The van der Waals surface area contributed by atoms with Crippen molar-refractivity contribution in [1.29, 1.82) is 0 Å². The standard InChI is InChI=1S/C21H22N4O3S/c1-28-20-4-2-3-16(13-20)21-22-17(15-29-21)14-23-9-11-24(12-10-23)18-5-7-19(8-6-18)25(26)27/h2-8,13,15H,9-12,14H2,1H3. The Morgan fingerprint density at radius 3 is 2.59 bits per heavy atom. The molecule has 0 bridgehead atoms. The number of non-ortho nitro benzene ring substituents is 1. The maximum Gasteiger partial charge on any atom is 0.269 e. The summed E-state index contributed by atoms with van der Waals surface area (Å²) in [7, 11) is 1.67. The van der Waals surface area contributed by atoms with Crippen LogP contribution < -0.4 is 9.64 Å². The third-order valence-electron chi connectivity index (χ3n) is 5.05. The van der Waals surface area contributed by atoms with Crippen LogP contribution in [-0.2, 0) is 6.54 Å². The Morgan fingerprint density at radius 2 is 1.90 bits per heavy atom. The number of aromatic nitrogens is 1. The molecule has 0 saturated carbocycles. The average molecular weight is 410 g/mol. The summed E-state index contributed by atoms with van der Waals surface area (Å²) < 4.78 is 5.30. The SMILES string of the molecule is COc1cccc(-c2nc(CN3CCN(c4ccc([N+](=O)[O-])cc4)CC3)cs2)c1. The van der Waals surface area contributed by atoms with E-state index in [1.54, 1.807) is 30.6 Å². The average Bonchev–Trinajstić information content (AvgIpc) is 3.23. The lowest BCUT2D eigenvalue weighted by atomic mass is 10.2. The van der Waals surface area contributed by atoms with Gasteiger partial charge in [-0.15, -0.1) is 11.3 Å². The second-order valence-corrected chi connectivity index (χ2v) is 7.77. The number of thiazole rings is 1. The minimum absolute atomic E-state index is 0.128. The van der Waals surface area contributed by atoms with E-state index in [0.717, 1.165) is 60.4 Å². The van der Waals surface area contributed by atoms with Crippen LogP contribution in [0.3, 0.4) is 0 Å². The normalized spacial score (nSPS) is 14.7. The van der Waals surface area contributed by atoms with Crippen molar-refractivity contribution in [3.63, 3.8) is 0 Å². The fraction of sp³-hybridized carbons (Fsp3) is 0.286. The number of nitro groups is 1. The first kappa shape index (κ1) is 19.4. The Morgan fingerprint density at radius 1 is 1.14 bits per heavy atom. The van der Waals surface area contributed by atoms with Crippen LogP contribution in [0.4, 0.5) is 11.4 Å². The number of nitrogens with zero attached hydrogens (tertiary/aromatic N) is 4. The van der Waals surface area contributed by atoms with Gasteiger partial charge < -0.3 is 9.64 Å². The maximum absolute atomic E-state index is 10.8. The van der Waals surface area contributed by atoms with Gasteiger partial charge in [-0.05, 0) is 24.3 Å². The Labute approximate surface area is 173 Å². The molecule has 2 aromatic carbocycles. The van der Waals surface area contributed by atoms with Crippen LogP contribution in [0.5, 0.6) is 5.75 Å². The lowest BCUT2D eigenvalue weighted by Crippen LogP contribution is -2.46. The molecule has 0 spiro atoms. The maximum atomic E-state index is 10.8. The number of anilines is 1. The summed E-state index contributed by atoms with van der Waals surface area (Å²) in [6, 6.07) is 14.8. The summed E-state index contributed by atoms with van der Waals surface area (Å²) in [6.45, 7) is 4.48. The minimum atomic E-state index is -0.366. The van der Waals surface area contributed by atoms with Crippen molar-refractivity contribution in [3.05, 3.63) is 69.7 Å². The van der Waals surface area contributed by atoms with Crippen molar-refractivity contribution in [3.8, 4) is 16.3 Å². The number of benzene rings is 2. The highest BCUT2D eigenvalue weighted by Gasteiger charge is 2.19. The van der Waals surface area contributed by atoms with E-state index in [9.17, 15) is 10.1 Å². The number of piperazine rings is 1. The predicted octanol–water partition coefficient (Wildman–Crippen LogP) is 4.05. The summed E-state index contributed by atoms with van der Waals surface area (Å²) >= 11 is 1.65. The number of hydrogen-bond acceptors (Lipinski definition) is 7. The first-order valence-electron chi connectivity index (χ1n) is 9.43. The van der Waals surface area contributed by atoms with E-state index in [-0.39, 0.29) is 10.6 Å². The molecule has 0 radical (unpaired) electrons. The fourth-order valence-electron chi connectivity index (χ4n) is 3.45. The van der Waals surface area contributed by atoms with Crippen molar-refractivity contribution in [2.24, 2.45) is 0 Å². The zero-order valence-electron chi connectivity index (χ0n) is 16.2. The molecule has 0 N–H and O–H groups in total. The molecule has 0 unspecified atom stereocenters. The third kappa shape index (κ3) is 4.55. The van der Waals surface area contributed by atoms with E-state index in [4.69, 9.17) is 9.72 Å². The Bertz CT molecular complexity index is 982. The number of nitro benzene ring substituents is 1. The molecule has 3 aromatic rings. The van der Waals surface area contributed by atoms with Gasteiger partial charge in [0.15, 0.2) is 0 Å². The van der Waals surface area contributed by atoms with Crippen molar-refractivity contribution in [2.75, 3.05) is 38.2 Å². The van der Waals surface area contributed by atoms with Crippen LogP contribution in [-0.4, -0.2) is 48.1 Å². The van der Waals surface area contributed by atoms with Crippen LogP contribution in [0.1, 0.15) is 5.69 Å². The predicted molar refractivity (Wildman–Crippen MR) is 115 cm³/mol. The van der Waals surface area contributed by atoms with E-state index >= 15 is 0 Å². The molecule has 1 aliphatic heterocycles. The largest absolute Gasteiger partial charge is 0.497 e. The lowest BCUT2D eigenvalue weighted by molar-refractivity contribution is -0.384. The summed E-state index contributed by atoms with van der Waals surface area (Å²) in [5.41, 5.74) is 3.31. The lowest BCUT2D eigenvalue weighted by Gasteiger charge is -2.35. The summed E-state index contributed by atoms with van der Waals surface area (Å²) in [5.74, 6) is 0.835. The van der Waals surface area contributed by atoms with Gasteiger partial charge in [-0.1, -0.05) is 12.1 Å². The molecule has 150 valence electrons. The Balaban J connectivity index is 1.34. The van der Waals surface area contributed by atoms with Gasteiger partial charge in [0.1, 0.15) is 10.8 Å². The van der Waals surface area contributed by atoms with Crippen molar-refractivity contribution < 1.29 is 9.66 Å². The smallest absolute Gasteiger partial charge is 0.269 e. The molecule has 8 heteroatoms. The zero-order valence-corrected chi connectivity index (χ0v) is 17.0. The second-order valence-electron chi connectivity index (χ2n) is 6.91. The first-order chi connectivity index (χ1) is 14.1. The molecule has 4 rings (SSSR count). The number of methoxy groups -OCH3 is 1. The number of hydrogen-bond donors (Lipinski definition) is 0. The molecule has 2 heterocycles. The van der Waals surface area contributed by atoms with Crippen molar-refractivity contribution in [2.45, 2.75) is 6.54 Å². The van der Waals surface area contributed by atoms with Gasteiger partial charge in [0.05, 0.1) is 17.7 Å². The fourth-order valence-corrected chi connectivity index (χ4v) is 4.25. The van der Waals surface area contributed by atoms with Crippen LogP contribution >= 0.6 is 11.3 Å². The summed E-state index contributed by atoms with van der Waals surface area (Å²) in [6.07, 6.45) is 0. The quantitative estimate of drug-likeness (QED) is 0.451. The molecular weight excluding hydrogens is 388 g/mol. The Hall–Kier alpha value is -2.97. The molecule has 29 heavy (non-hydrogen) atoms. The zero-order chi connectivity index (χ0) is 20.2. The van der Waals surface area contributed by atoms with Crippen LogP contribution in [0.2, 0.25) is 0 Å².